The first-order valence-electron chi connectivity index (χ1n) is 13.2. The minimum atomic E-state index is -0.688. The fourth-order valence-electron chi connectivity index (χ4n) is 5.89. The quantitative estimate of drug-likeness (QED) is 0.271. The van der Waals surface area contributed by atoms with Crippen molar-refractivity contribution in [3.63, 3.8) is 0 Å². The van der Waals surface area contributed by atoms with E-state index in [9.17, 15) is 14.4 Å². The summed E-state index contributed by atoms with van der Waals surface area (Å²) < 4.78 is 5.06. The molecule has 2 aliphatic rings. The SMILES string of the molecule is COCCCNC(=O)c1ccccc1N1C(=O)[C@@H]2Cc3c([nH]c4ccccc34)[C@H](c3ccccc3C)N2C1=O. The number of methoxy groups -OCH3 is 1. The van der Waals surface area contributed by atoms with Gasteiger partial charge >= 0.3 is 6.03 Å². The normalized spacial score (nSPS) is 18.4. The molecule has 6 rings (SSSR count). The number of aromatic nitrogens is 1. The first kappa shape index (κ1) is 24.9. The summed E-state index contributed by atoms with van der Waals surface area (Å²) in [5.74, 6) is -0.659. The van der Waals surface area contributed by atoms with Gasteiger partial charge in [0, 0.05) is 43.3 Å². The summed E-state index contributed by atoms with van der Waals surface area (Å²) in [7, 11) is 1.61. The number of urea groups is 1. The van der Waals surface area contributed by atoms with Gasteiger partial charge in [0.05, 0.1) is 11.3 Å². The summed E-state index contributed by atoms with van der Waals surface area (Å²) in [5.41, 5.74) is 5.52. The number of rotatable bonds is 7. The Morgan fingerprint density at radius 1 is 1.03 bits per heavy atom. The molecule has 2 N–H and O–H groups in total. The molecular formula is C31H30N4O4. The summed E-state index contributed by atoms with van der Waals surface area (Å²) in [6.07, 6.45) is 1.06. The third kappa shape index (κ3) is 4.08. The summed E-state index contributed by atoms with van der Waals surface area (Å²) in [6, 6.07) is 21.2. The highest BCUT2D eigenvalue weighted by atomic mass is 16.5. The minimum absolute atomic E-state index is 0.285. The first-order chi connectivity index (χ1) is 19.0. The largest absolute Gasteiger partial charge is 0.385 e. The van der Waals surface area contributed by atoms with Crippen LogP contribution in [0.2, 0.25) is 0 Å². The Bertz CT molecular complexity index is 1590. The maximum absolute atomic E-state index is 14.2. The van der Waals surface area contributed by atoms with Gasteiger partial charge in [-0.05, 0) is 48.2 Å². The number of H-pyrrole nitrogens is 1. The molecule has 0 unspecified atom stereocenters. The zero-order valence-corrected chi connectivity index (χ0v) is 21.9. The highest BCUT2D eigenvalue weighted by molar-refractivity contribution is 6.24. The number of amides is 4. The number of para-hydroxylation sites is 2. The molecule has 8 heteroatoms. The van der Waals surface area contributed by atoms with Gasteiger partial charge in [0.15, 0.2) is 0 Å². The van der Waals surface area contributed by atoms with Crippen LogP contribution in [0.5, 0.6) is 0 Å². The van der Waals surface area contributed by atoms with Gasteiger partial charge in [-0.25, -0.2) is 9.69 Å². The van der Waals surface area contributed by atoms with Crippen molar-refractivity contribution in [3.8, 4) is 0 Å². The number of nitrogens with zero attached hydrogens (tertiary/aromatic N) is 2. The Morgan fingerprint density at radius 3 is 2.59 bits per heavy atom. The van der Waals surface area contributed by atoms with Crippen LogP contribution in [0.3, 0.4) is 0 Å². The molecule has 4 aromatic rings. The van der Waals surface area contributed by atoms with E-state index < -0.39 is 18.1 Å². The van der Waals surface area contributed by atoms with Gasteiger partial charge in [-0.3, -0.25) is 14.5 Å². The van der Waals surface area contributed by atoms with E-state index >= 15 is 0 Å². The van der Waals surface area contributed by atoms with Crippen molar-refractivity contribution in [2.24, 2.45) is 0 Å². The molecule has 1 aromatic heterocycles. The monoisotopic (exact) mass is 522 g/mol. The van der Waals surface area contributed by atoms with Gasteiger partial charge in [-0.1, -0.05) is 54.6 Å². The summed E-state index contributed by atoms with van der Waals surface area (Å²) in [6.45, 7) is 2.97. The van der Waals surface area contributed by atoms with Gasteiger partial charge in [0.25, 0.3) is 11.8 Å². The van der Waals surface area contributed by atoms with Gasteiger partial charge < -0.3 is 15.0 Å². The molecule has 0 bridgehead atoms. The predicted molar refractivity (Wildman–Crippen MR) is 149 cm³/mol. The van der Waals surface area contributed by atoms with Crippen molar-refractivity contribution in [2.45, 2.75) is 31.8 Å². The lowest BCUT2D eigenvalue weighted by Crippen LogP contribution is -2.44. The second-order valence-corrected chi connectivity index (χ2v) is 10.0. The minimum Gasteiger partial charge on any atom is -0.385 e. The van der Waals surface area contributed by atoms with Crippen molar-refractivity contribution in [2.75, 3.05) is 25.2 Å². The molecule has 198 valence electrons. The number of aromatic amines is 1. The number of carbonyl (C=O) groups excluding carboxylic acids is 3. The van der Waals surface area contributed by atoms with Crippen molar-refractivity contribution in [3.05, 3.63) is 101 Å². The van der Waals surface area contributed by atoms with Crippen LogP contribution >= 0.6 is 0 Å². The van der Waals surface area contributed by atoms with Gasteiger partial charge in [0.2, 0.25) is 0 Å². The topological polar surface area (TPSA) is 94.7 Å². The van der Waals surface area contributed by atoms with E-state index in [1.807, 2.05) is 49.4 Å². The first-order valence-corrected chi connectivity index (χ1v) is 13.2. The predicted octanol–water partition coefficient (Wildman–Crippen LogP) is 4.73. The number of hydrogen-bond donors (Lipinski definition) is 2. The number of fused-ring (bicyclic) bond motifs is 4. The smallest absolute Gasteiger partial charge is 0.332 e. The molecule has 0 radical (unpaired) electrons. The fraction of sp³-hybridized carbons (Fsp3) is 0.258. The van der Waals surface area contributed by atoms with Crippen LogP contribution in [0.25, 0.3) is 10.9 Å². The van der Waals surface area contributed by atoms with Crippen LogP contribution < -0.4 is 10.2 Å². The molecule has 4 amide bonds. The zero-order valence-electron chi connectivity index (χ0n) is 21.9. The third-order valence-electron chi connectivity index (χ3n) is 7.73. The molecule has 0 spiro atoms. The highest BCUT2D eigenvalue weighted by Gasteiger charge is 2.53. The molecule has 1 fully saturated rings. The van der Waals surface area contributed by atoms with E-state index in [1.54, 1.807) is 36.3 Å². The van der Waals surface area contributed by atoms with Crippen LogP contribution in [0.4, 0.5) is 10.5 Å². The van der Waals surface area contributed by atoms with Crippen LogP contribution in [0, 0.1) is 6.92 Å². The highest BCUT2D eigenvalue weighted by Crippen LogP contribution is 2.45. The Kier molecular flexibility index (Phi) is 6.40. The molecule has 2 aliphatic heterocycles. The second-order valence-electron chi connectivity index (χ2n) is 10.0. The lowest BCUT2D eigenvalue weighted by Gasteiger charge is -2.36. The Hall–Kier alpha value is -4.43. The van der Waals surface area contributed by atoms with E-state index in [4.69, 9.17) is 4.74 Å². The molecule has 2 atom stereocenters. The Balaban J connectivity index is 1.43. The van der Waals surface area contributed by atoms with Crippen molar-refractivity contribution >= 4 is 34.4 Å². The summed E-state index contributed by atoms with van der Waals surface area (Å²) in [4.78, 5) is 47.8. The number of benzene rings is 3. The van der Waals surface area contributed by atoms with E-state index in [2.05, 4.69) is 16.4 Å². The number of imide groups is 1. The van der Waals surface area contributed by atoms with E-state index in [0.717, 1.165) is 33.3 Å². The summed E-state index contributed by atoms with van der Waals surface area (Å²) >= 11 is 0. The standard InChI is InChI=1S/C31H30N4O4/c1-19-10-3-4-11-20(19)28-27-23(21-12-5-7-14-24(21)33-27)18-26-30(37)35(31(38)34(26)28)25-15-8-6-13-22(25)29(36)32-16-9-17-39-2/h3-8,10-15,26,28,33H,9,16-18H2,1-2H3,(H,32,36)/t26-,28-/m0/s1. The second kappa shape index (κ2) is 10.0. The van der Waals surface area contributed by atoms with E-state index in [0.29, 0.717) is 31.7 Å². The maximum atomic E-state index is 14.2. The van der Waals surface area contributed by atoms with Gasteiger partial charge in [-0.2, -0.15) is 0 Å². The average molecular weight is 523 g/mol. The number of nitrogens with one attached hydrogen (secondary N) is 2. The fourth-order valence-corrected chi connectivity index (χ4v) is 5.89. The summed E-state index contributed by atoms with van der Waals surface area (Å²) in [5, 5.41) is 3.93. The zero-order chi connectivity index (χ0) is 27.1. The number of anilines is 1. The van der Waals surface area contributed by atoms with Gasteiger partial charge in [0.1, 0.15) is 12.1 Å². The van der Waals surface area contributed by atoms with Crippen molar-refractivity contribution < 1.29 is 19.1 Å². The lowest BCUT2D eigenvalue weighted by molar-refractivity contribution is -0.120. The Labute approximate surface area is 226 Å². The number of carbonyl (C=O) groups is 3. The molecule has 3 aromatic carbocycles. The van der Waals surface area contributed by atoms with Crippen LogP contribution in [0.15, 0.2) is 72.8 Å². The van der Waals surface area contributed by atoms with Crippen LogP contribution in [-0.2, 0) is 16.0 Å². The number of aryl methyl sites for hydroxylation is 1. The number of hydrogen-bond acceptors (Lipinski definition) is 4. The molecule has 39 heavy (non-hydrogen) atoms. The molecule has 3 heterocycles. The molecule has 8 nitrogen and oxygen atoms in total. The third-order valence-corrected chi connectivity index (χ3v) is 7.73. The van der Waals surface area contributed by atoms with Crippen LogP contribution in [0.1, 0.15) is 45.2 Å². The van der Waals surface area contributed by atoms with E-state index in [1.165, 1.54) is 4.90 Å². The molecule has 1 saturated heterocycles. The van der Waals surface area contributed by atoms with Crippen molar-refractivity contribution in [1.82, 2.24) is 15.2 Å². The average Bonchev–Trinajstić information content (AvgIpc) is 3.44. The van der Waals surface area contributed by atoms with Crippen molar-refractivity contribution in [1.29, 1.82) is 0 Å². The van der Waals surface area contributed by atoms with Crippen LogP contribution in [-0.4, -0.2) is 54.0 Å². The van der Waals surface area contributed by atoms with E-state index in [-0.39, 0.29) is 17.4 Å². The molecule has 0 saturated carbocycles. The molecule has 0 aliphatic carbocycles. The van der Waals surface area contributed by atoms with Gasteiger partial charge in [-0.15, -0.1) is 0 Å². The lowest BCUT2D eigenvalue weighted by atomic mass is 9.87. The number of ether oxygens (including phenoxy) is 1. The molecular weight excluding hydrogens is 492 g/mol. The Morgan fingerprint density at radius 2 is 1.77 bits per heavy atom. The maximum Gasteiger partial charge on any atom is 0.332 e.